The van der Waals surface area contributed by atoms with Crippen molar-refractivity contribution in [3.8, 4) is 0 Å². The standard InChI is InChI=1S/C9H17N5O2/c1-2-3-5-16-6-4-14-7-11-9(12-14)8(10)13-15/h7,15H,2-6H2,1H3,(H2,10,13). The van der Waals surface area contributed by atoms with Crippen molar-refractivity contribution >= 4 is 5.84 Å². The average Bonchev–Trinajstić information content (AvgIpc) is 2.76. The molecule has 0 amide bonds. The molecule has 1 aromatic rings. The first-order chi connectivity index (χ1) is 7.77. The second-order valence-corrected chi connectivity index (χ2v) is 3.28. The van der Waals surface area contributed by atoms with Crippen LogP contribution in [0.3, 0.4) is 0 Å². The summed E-state index contributed by atoms with van der Waals surface area (Å²) in [7, 11) is 0. The molecule has 16 heavy (non-hydrogen) atoms. The quantitative estimate of drug-likeness (QED) is 0.228. The van der Waals surface area contributed by atoms with Gasteiger partial charge in [-0.2, -0.15) is 0 Å². The lowest BCUT2D eigenvalue weighted by Gasteiger charge is -2.02. The summed E-state index contributed by atoms with van der Waals surface area (Å²) in [4.78, 5) is 3.88. The van der Waals surface area contributed by atoms with Crippen molar-refractivity contribution in [3.05, 3.63) is 12.2 Å². The van der Waals surface area contributed by atoms with Crippen molar-refractivity contribution < 1.29 is 9.94 Å². The van der Waals surface area contributed by atoms with E-state index in [9.17, 15) is 0 Å². The van der Waals surface area contributed by atoms with E-state index in [2.05, 4.69) is 22.2 Å². The first-order valence-corrected chi connectivity index (χ1v) is 5.23. The van der Waals surface area contributed by atoms with Crippen LogP contribution in [0.25, 0.3) is 0 Å². The summed E-state index contributed by atoms with van der Waals surface area (Å²) in [6.07, 6.45) is 3.71. The van der Waals surface area contributed by atoms with E-state index in [1.807, 2.05) is 0 Å². The lowest BCUT2D eigenvalue weighted by molar-refractivity contribution is 0.121. The van der Waals surface area contributed by atoms with Gasteiger partial charge in [0, 0.05) is 6.61 Å². The molecule has 0 saturated heterocycles. The average molecular weight is 227 g/mol. The number of ether oxygens (including phenoxy) is 1. The van der Waals surface area contributed by atoms with Crippen molar-refractivity contribution in [2.45, 2.75) is 26.3 Å². The normalized spacial score (nSPS) is 11.9. The predicted octanol–water partition coefficient (Wildman–Crippen LogP) is 0.189. The third kappa shape index (κ3) is 3.85. The molecule has 0 spiro atoms. The maximum atomic E-state index is 8.42. The van der Waals surface area contributed by atoms with Crippen LogP contribution in [0.5, 0.6) is 0 Å². The van der Waals surface area contributed by atoms with Crippen LogP contribution in [0, 0.1) is 0 Å². The molecule has 0 bridgehead atoms. The number of oxime groups is 1. The fourth-order valence-corrected chi connectivity index (χ4v) is 1.07. The van der Waals surface area contributed by atoms with E-state index in [4.69, 9.17) is 15.7 Å². The minimum Gasteiger partial charge on any atom is -0.409 e. The molecule has 0 unspecified atom stereocenters. The molecule has 3 N–H and O–H groups in total. The Balaban J connectivity index is 2.30. The number of hydrogen-bond acceptors (Lipinski definition) is 5. The molecule has 90 valence electrons. The summed E-state index contributed by atoms with van der Waals surface area (Å²) >= 11 is 0. The smallest absolute Gasteiger partial charge is 0.219 e. The zero-order valence-electron chi connectivity index (χ0n) is 9.33. The second kappa shape index (κ2) is 6.78. The second-order valence-electron chi connectivity index (χ2n) is 3.28. The van der Waals surface area contributed by atoms with Crippen LogP contribution in [0.4, 0.5) is 0 Å². The number of nitrogens with two attached hydrogens (primary N) is 1. The van der Waals surface area contributed by atoms with E-state index in [1.165, 1.54) is 6.33 Å². The van der Waals surface area contributed by atoms with E-state index < -0.39 is 0 Å². The number of aromatic nitrogens is 3. The molecule has 0 atom stereocenters. The molecular formula is C9H17N5O2. The Morgan fingerprint density at radius 2 is 2.44 bits per heavy atom. The minimum absolute atomic E-state index is 0.0920. The summed E-state index contributed by atoms with van der Waals surface area (Å²) in [6, 6.07) is 0. The van der Waals surface area contributed by atoms with Crippen LogP contribution < -0.4 is 5.73 Å². The van der Waals surface area contributed by atoms with Gasteiger partial charge in [0.05, 0.1) is 13.2 Å². The lowest BCUT2D eigenvalue weighted by atomic mass is 10.4. The van der Waals surface area contributed by atoms with Gasteiger partial charge in [0.1, 0.15) is 6.33 Å². The third-order valence-corrected chi connectivity index (χ3v) is 1.98. The highest BCUT2D eigenvalue weighted by Crippen LogP contribution is 1.92. The molecule has 7 heteroatoms. The lowest BCUT2D eigenvalue weighted by Crippen LogP contribution is -2.16. The zero-order valence-corrected chi connectivity index (χ0v) is 9.33. The Morgan fingerprint density at radius 3 is 3.12 bits per heavy atom. The van der Waals surface area contributed by atoms with E-state index in [0.717, 1.165) is 19.4 Å². The number of nitrogens with zero attached hydrogens (tertiary/aromatic N) is 4. The zero-order chi connectivity index (χ0) is 11.8. The maximum Gasteiger partial charge on any atom is 0.219 e. The fourth-order valence-electron chi connectivity index (χ4n) is 1.07. The first-order valence-electron chi connectivity index (χ1n) is 5.23. The van der Waals surface area contributed by atoms with Gasteiger partial charge in [-0.25, -0.2) is 9.67 Å². The highest BCUT2D eigenvalue weighted by Gasteiger charge is 2.05. The van der Waals surface area contributed by atoms with E-state index >= 15 is 0 Å². The molecule has 0 aliphatic rings. The third-order valence-electron chi connectivity index (χ3n) is 1.98. The molecule has 0 radical (unpaired) electrons. The van der Waals surface area contributed by atoms with E-state index in [0.29, 0.717) is 13.2 Å². The van der Waals surface area contributed by atoms with E-state index in [1.54, 1.807) is 4.68 Å². The van der Waals surface area contributed by atoms with Gasteiger partial charge in [-0.15, -0.1) is 5.10 Å². The Morgan fingerprint density at radius 1 is 1.62 bits per heavy atom. The summed E-state index contributed by atoms with van der Waals surface area (Å²) in [6.45, 7) is 4.07. The topological polar surface area (TPSA) is 98.6 Å². The van der Waals surface area contributed by atoms with Crippen molar-refractivity contribution in [2.75, 3.05) is 13.2 Å². The number of unbranched alkanes of at least 4 members (excludes halogenated alkanes) is 1. The van der Waals surface area contributed by atoms with Gasteiger partial charge in [-0.05, 0) is 6.42 Å². The number of amidine groups is 1. The van der Waals surface area contributed by atoms with Gasteiger partial charge >= 0.3 is 0 Å². The molecule has 1 aromatic heterocycles. The van der Waals surface area contributed by atoms with Gasteiger partial charge in [-0.3, -0.25) is 0 Å². The molecule has 1 heterocycles. The largest absolute Gasteiger partial charge is 0.409 e. The van der Waals surface area contributed by atoms with Gasteiger partial charge in [0.25, 0.3) is 0 Å². The van der Waals surface area contributed by atoms with Crippen LogP contribution in [0.1, 0.15) is 25.6 Å². The molecule has 1 rings (SSSR count). The van der Waals surface area contributed by atoms with Crippen LogP contribution >= 0.6 is 0 Å². The van der Waals surface area contributed by atoms with Crippen LogP contribution in [-0.2, 0) is 11.3 Å². The summed E-state index contributed by atoms with van der Waals surface area (Å²) < 4.78 is 6.97. The van der Waals surface area contributed by atoms with Crippen LogP contribution in [0.2, 0.25) is 0 Å². The first kappa shape index (κ1) is 12.4. The minimum atomic E-state index is -0.0920. The summed E-state index contributed by atoms with van der Waals surface area (Å²) in [5.74, 6) is 0.127. The Hall–Kier alpha value is -1.63. The fraction of sp³-hybridized carbons (Fsp3) is 0.667. The SMILES string of the molecule is CCCCOCCn1cnc(C(N)=NO)n1. The number of rotatable bonds is 7. The van der Waals surface area contributed by atoms with Gasteiger partial charge in [0.2, 0.25) is 11.7 Å². The molecule has 0 aromatic carbocycles. The Bertz CT molecular complexity index is 336. The monoisotopic (exact) mass is 227 g/mol. The van der Waals surface area contributed by atoms with Crippen LogP contribution in [-0.4, -0.2) is 39.0 Å². The molecule has 0 fully saturated rings. The van der Waals surface area contributed by atoms with Crippen molar-refractivity contribution in [3.63, 3.8) is 0 Å². The van der Waals surface area contributed by atoms with Gasteiger partial charge < -0.3 is 15.7 Å². The van der Waals surface area contributed by atoms with Crippen LogP contribution in [0.15, 0.2) is 11.5 Å². The van der Waals surface area contributed by atoms with Crippen molar-refractivity contribution in [1.82, 2.24) is 14.8 Å². The highest BCUT2D eigenvalue weighted by atomic mass is 16.5. The van der Waals surface area contributed by atoms with Gasteiger partial charge in [0.15, 0.2) is 0 Å². The van der Waals surface area contributed by atoms with Crippen molar-refractivity contribution in [1.29, 1.82) is 0 Å². The summed E-state index contributed by atoms with van der Waals surface area (Å²) in [5.41, 5.74) is 5.33. The van der Waals surface area contributed by atoms with Crippen molar-refractivity contribution in [2.24, 2.45) is 10.9 Å². The molecule has 0 aliphatic heterocycles. The number of hydrogen-bond donors (Lipinski definition) is 2. The molecule has 0 aliphatic carbocycles. The Labute approximate surface area is 93.9 Å². The molecule has 0 saturated carbocycles. The molecule has 7 nitrogen and oxygen atoms in total. The van der Waals surface area contributed by atoms with Gasteiger partial charge in [-0.1, -0.05) is 18.5 Å². The molecular weight excluding hydrogens is 210 g/mol. The Kier molecular flexibility index (Phi) is 5.27. The highest BCUT2D eigenvalue weighted by molar-refractivity contribution is 5.93. The summed E-state index contributed by atoms with van der Waals surface area (Å²) in [5, 5.41) is 15.2. The predicted molar refractivity (Wildman–Crippen MR) is 58.3 cm³/mol. The maximum absolute atomic E-state index is 8.42. The van der Waals surface area contributed by atoms with E-state index in [-0.39, 0.29) is 11.7 Å².